The molecule has 2 aromatic heterocycles. The lowest BCUT2D eigenvalue weighted by Crippen LogP contribution is -2.45. The third kappa shape index (κ3) is 7.95. The van der Waals surface area contributed by atoms with Gasteiger partial charge in [0.2, 0.25) is 0 Å². The summed E-state index contributed by atoms with van der Waals surface area (Å²) in [7, 11) is 0. The van der Waals surface area contributed by atoms with E-state index >= 15 is 0 Å². The van der Waals surface area contributed by atoms with Crippen molar-refractivity contribution < 1.29 is 9.90 Å². The van der Waals surface area contributed by atoms with Crippen molar-refractivity contribution in [1.29, 1.82) is 0 Å². The quantitative estimate of drug-likeness (QED) is 0.138. The minimum Gasteiger partial charge on any atom is -0.390 e. The van der Waals surface area contributed by atoms with Crippen LogP contribution in [0.25, 0.3) is 22.5 Å². The molecule has 64 heavy (non-hydrogen) atoms. The van der Waals surface area contributed by atoms with Gasteiger partial charge >= 0.3 is 0 Å². The Labute approximate surface area is 394 Å². The largest absolute Gasteiger partial charge is 0.390 e. The normalized spacial score (nSPS) is 19.3. The van der Waals surface area contributed by atoms with Crippen molar-refractivity contribution in [1.82, 2.24) is 19.9 Å². The molecule has 0 amide bonds. The molecule has 0 radical (unpaired) electrons. The van der Waals surface area contributed by atoms with Gasteiger partial charge in [0.05, 0.1) is 49.5 Å². The first-order valence-electron chi connectivity index (χ1n) is 21.7. The second-order valence-corrected chi connectivity index (χ2v) is 19.2. The van der Waals surface area contributed by atoms with Crippen molar-refractivity contribution in [2.75, 3.05) is 36.0 Å². The molecule has 2 aliphatic carbocycles. The van der Waals surface area contributed by atoms with Crippen LogP contribution < -0.4 is 21.3 Å². The van der Waals surface area contributed by atoms with Crippen LogP contribution in [0.4, 0.5) is 11.6 Å². The van der Waals surface area contributed by atoms with E-state index in [9.17, 15) is 9.90 Å². The fourth-order valence-corrected chi connectivity index (χ4v) is 11.3. The predicted octanol–water partition coefficient (Wildman–Crippen LogP) is 10.5. The minimum absolute atomic E-state index is 0.0477. The molecule has 10 rings (SSSR count). The molecule has 4 heterocycles. The highest BCUT2D eigenvalue weighted by atomic mass is 35.5. The lowest BCUT2D eigenvalue weighted by atomic mass is 9.73. The summed E-state index contributed by atoms with van der Waals surface area (Å²) >= 11 is 25.2. The number of anilines is 2. The topological polar surface area (TPSA) is 147 Å². The molecule has 2 atom stereocenters. The highest BCUT2D eigenvalue weighted by Crippen LogP contribution is 2.52. The van der Waals surface area contributed by atoms with Crippen molar-refractivity contribution in [2.45, 2.75) is 71.1 Å². The van der Waals surface area contributed by atoms with Crippen LogP contribution in [0, 0.1) is 24.7 Å². The van der Waals surface area contributed by atoms with Gasteiger partial charge in [-0.15, -0.1) is 0 Å². The van der Waals surface area contributed by atoms with Crippen LogP contribution >= 0.6 is 46.4 Å². The van der Waals surface area contributed by atoms with Crippen molar-refractivity contribution >= 4 is 64.3 Å². The number of halogens is 4. The summed E-state index contributed by atoms with van der Waals surface area (Å²) in [5, 5.41) is 11.9. The Bertz CT molecular complexity index is 2750. The number of piperidine rings is 2. The Morgan fingerprint density at radius 3 is 1.52 bits per heavy atom. The van der Waals surface area contributed by atoms with Crippen LogP contribution in [0.3, 0.4) is 0 Å². The standard InChI is InChI=1S/C25H26Cl2N4O.C25H24Cl2N4O/c2*1-15-22(18-7-4-8-19(26)21(18)27)30-20(14-32)24(29-15)31-11-9-25(10-12-31)13-16-5-2-3-6-17(16)23(25)28/h2-8,23,32H,9-14,28H2,1H3;2-8,14,23H,9-13,28H2,1H3/t2*23-/m11/s1. The number of hydrogen-bond donors (Lipinski definition) is 3. The van der Waals surface area contributed by atoms with Gasteiger partial charge < -0.3 is 26.4 Å². The van der Waals surface area contributed by atoms with Crippen LogP contribution in [0.1, 0.15) is 87.6 Å². The maximum Gasteiger partial charge on any atom is 0.172 e. The SMILES string of the molecule is Cc1nc(N2CCC3(CC2)Cc2ccccc2[C@H]3N)c(C=O)nc1-c1cccc(Cl)c1Cl.Cc1nc(N2CCC3(CC2)Cc2ccccc2[C@H]3N)c(CO)nc1-c1cccc(Cl)c1Cl. The van der Waals surface area contributed by atoms with Crippen molar-refractivity contribution in [3.63, 3.8) is 0 Å². The number of fused-ring (bicyclic) bond motifs is 2. The van der Waals surface area contributed by atoms with Gasteiger partial charge in [0.25, 0.3) is 0 Å². The fraction of sp³-hybridized carbons (Fsp3) is 0.340. The van der Waals surface area contributed by atoms with E-state index in [1.807, 2.05) is 38.1 Å². The number of aliphatic hydroxyl groups excluding tert-OH is 1. The Balaban J connectivity index is 0.000000162. The van der Waals surface area contributed by atoms with E-state index in [0.29, 0.717) is 59.9 Å². The minimum atomic E-state index is -0.194. The molecule has 0 unspecified atom stereocenters. The highest BCUT2D eigenvalue weighted by molar-refractivity contribution is 6.44. The molecule has 0 saturated carbocycles. The molecule has 2 fully saturated rings. The highest BCUT2D eigenvalue weighted by Gasteiger charge is 2.47. The average molecular weight is 937 g/mol. The van der Waals surface area contributed by atoms with Crippen molar-refractivity contribution in [2.24, 2.45) is 22.3 Å². The third-order valence-electron chi connectivity index (χ3n) is 14.2. The molecule has 4 aliphatic rings. The van der Waals surface area contributed by atoms with E-state index in [2.05, 4.69) is 63.3 Å². The number of nitrogens with two attached hydrogens (primary N) is 2. The zero-order valence-corrected chi connectivity index (χ0v) is 38.8. The number of nitrogens with zero attached hydrogens (tertiary/aromatic N) is 6. The van der Waals surface area contributed by atoms with E-state index in [4.69, 9.17) is 72.8 Å². The van der Waals surface area contributed by atoms with Gasteiger partial charge in [-0.3, -0.25) is 4.79 Å². The van der Waals surface area contributed by atoms with E-state index in [1.165, 1.54) is 22.3 Å². The Kier molecular flexibility index (Phi) is 12.5. The van der Waals surface area contributed by atoms with Gasteiger partial charge in [-0.1, -0.05) is 119 Å². The first kappa shape index (κ1) is 44.5. The molecule has 330 valence electrons. The number of carbonyl (C=O) groups excluding carboxylic acids is 1. The summed E-state index contributed by atoms with van der Waals surface area (Å²) in [6.45, 7) is 6.84. The summed E-state index contributed by atoms with van der Waals surface area (Å²) in [6.07, 6.45) is 6.67. The zero-order valence-electron chi connectivity index (χ0n) is 35.8. The number of hydrogen-bond acceptors (Lipinski definition) is 10. The molecule has 5 N–H and O–H groups in total. The van der Waals surface area contributed by atoms with Gasteiger partial charge in [-0.25, -0.2) is 19.9 Å². The summed E-state index contributed by atoms with van der Waals surface area (Å²) in [5.41, 5.74) is 23.8. The third-order valence-corrected chi connectivity index (χ3v) is 15.8. The summed E-state index contributed by atoms with van der Waals surface area (Å²) in [4.78, 5) is 35.4. The molecule has 10 nitrogen and oxygen atoms in total. The lowest BCUT2D eigenvalue weighted by Gasteiger charge is -2.43. The van der Waals surface area contributed by atoms with Crippen LogP contribution in [-0.2, 0) is 19.4 Å². The number of aldehydes is 1. The number of aliphatic hydroxyl groups is 1. The monoisotopic (exact) mass is 934 g/mol. The predicted molar refractivity (Wildman–Crippen MR) is 258 cm³/mol. The molecular weight excluding hydrogens is 886 g/mol. The molecular formula is C50H50Cl4N8O2. The van der Waals surface area contributed by atoms with Gasteiger partial charge in [0.15, 0.2) is 17.9 Å². The van der Waals surface area contributed by atoms with E-state index in [0.717, 1.165) is 88.1 Å². The molecule has 14 heteroatoms. The van der Waals surface area contributed by atoms with Crippen LogP contribution in [-0.4, -0.2) is 57.5 Å². The number of aromatic nitrogens is 4. The molecule has 2 saturated heterocycles. The van der Waals surface area contributed by atoms with Gasteiger partial charge in [-0.05, 0) is 97.6 Å². The average Bonchev–Trinajstić information content (AvgIpc) is 3.74. The summed E-state index contributed by atoms with van der Waals surface area (Å²) in [5.74, 6) is 1.36. The van der Waals surface area contributed by atoms with Crippen molar-refractivity contribution in [3.8, 4) is 22.5 Å². The second kappa shape index (κ2) is 18.0. The van der Waals surface area contributed by atoms with Gasteiger partial charge in [0.1, 0.15) is 11.4 Å². The van der Waals surface area contributed by atoms with E-state index < -0.39 is 0 Å². The zero-order chi connectivity index (χ0) is 44.9. The molecule has 0 bridgehead atoms. The van der Waals surface area contributed by atoms with E-state index in [1.54, 1.807) is 12.1 Å². The molecule has 6 aromatic rings. The smallest absolute Gasteiger partial charge is 0.172 e. The second-order valence-electron chi connectivity index (χ2n) is 17.7. The number of benzene rings is 4. The Morgan fingerprint density at radius 1 is 0.625 bits per heavy atom. The Hall–Kier alpha value is -4.65. The van der Waals surface area contributed by atoms with Crippen LogP contribution in [0.5, 0.6) is 0 Å². The summed E-state index contributed by atoms with van der Waals surface area (Å²) in [6, 6.07) is 28.0. The molecule has 4 aromatic carbocycles. The maximum atomic E-state index is 12.0. The Morgan fingerprint density at radius 2 is 1.06 bits per heavy atom. The first-order valence-corrected chi connectivity index (χ1v) is 23.3. The molecule has 2 aliphatic heterocycles. The van der Waals surface area contributed by atoms with E-state index in [-0.39, 0.29) is 29.5 Å². The maximum absolute atomic E-state index is 12.0. The number of rotatable bonds is 6. The molecule has 2 spiro atoms. The van der Waals surface area contributed by atoms with Gasteiger partial charge in [0, 0.05) is 49.4 Å². The van der Waals surface area contributed by atoms with Crippen LogP contribution in [0.2, 0.25) is 20.1 Å². The van der Waals surface area contributed by atoms with Crippen LogP contribution in [0.15, 0.2) is 84.9 Å². The van der Waals surface area contributed by atoms with Gasteiger partial charge in [-0.2, -0.15) is 0 Å². The fourth-order valence-electron chi connectivity index (χ4n) is 10.6. The first-order chi connectivity index (χ1) is 30.9. The number of aryl methyl sites for hydroxylation is 2. The number of carbonyl (C=O) groups is 1. The lowest BCUT2D eigenvalue weighted by molar-refractivity contribution is 0.111. The van der Waals surface area contributed by atoms with Crippen molar-refractivity contribution in [3.05, 3.63) is 150 Å². The summed E-state index contributed by atoms with van der Waals surface area (Å²) < 4.78 is 0.